The third-order valence-corrected chi connectivity index (χ3v) is 2.24. The molecular weight excluding hydrogens is 190 g/mol. The van der Waals surface area contributed by atoms with E-state index in [0.29, 0.717) is 5.82 Å². The van der Waals surface area contributed by atoms with Gasteiger partial charge < -0.3 is 5.73 Å². The Labute approximate surface area is 87.7 Å². The van der Waals surface area contributed by atoms with Gasteiger partial charge >= 0.3 is 0 Å². The maximum absolute atomic E-state index is 6.01. The van der Waals surface area contributed by atoms with Crippen molar-refractivity contribution in [1.29, 1.82) is 0 Å². The molecule has 5 nitrogen and oxygen atoms in total. The Balaban J connectivity index is 2.37. The molecule has 0 aliphatic heterocycles. The van der Waals surface area contributed by atoms with Crippen LogP contribution >= 0.6 is 0 Å². The van der Waals surface area contributed by atoms with Gasteiger partial charge in [0.15, 0.2) is 5.82 Å². The number of benzene rings is 1. The van der Waals surface area contributed by atoms with Crippen LogP contribution in [0, 0.1) is 13.8 Å². The van der Waals surface area contributed by atoms with Crippen molar-refractivity contribution in [2.75, 3.05) is 0 Å². The van der Waals surface area contributed by atoms with E-state index in [1.54, 1.807) is 0 Å². The van der Waals surface area contributed by atoms with E-state index in [1.165, 1.54) is 11.1 Å². The van der Waals surface area contributed by atoms with E-state index in [1.807, 2.05) is 26.0 Å². The van der Waals surface area contributed by atoms with Crippen LogP contribution in [-0.4, -0.2) is 20.6 Å². The number of aromatic nitrogens is 4. The van der Waals surface area contributed by atoms with Crippen molar-refractivity contribution in [2.45, 2.75) is 19.9 Å². The Morgan fingerprint density at radius 1 is 1.20 bits per heavy atom. The van der Waals surface area contributed by atoms with Gasteiger partial charge in [0.05, 0.1) is 6.04 Å². The number of rotatable bonds is 2. The lowest BCUT2D eigenvalue weighted by molar-refractivity contribution is 0.783. The molecule has 1 aromatic heterocycles. The summed E-state index contributed by atoms with van der Waals surface area (Å²) in [6, 6.07) is 5.86. The number of tetrazole rings is 1. The highest BCUT2D eigenvalue weighted by molar-refractivity contribution is 5.32. The van der Waals surface area contributed by atoms with Crippen LogP contribution in [0.5, 0.6) is 0 Å². The molecule has 0 amide bonds. The first-order chi connectivity index (χ1) is 7.16. The molecule has 2 rings (SSSR count). The summed E-state index contributed by atoms with van der Waals surface area (Å²) < 4.78 is 0. The quantitative estimate of drug-likeness (QED) is 0.758. The number of nitrogens with two attached hydrogens (primary N) is 1. The second-order valence-electron chi connectivity index (χ2n) is 3.67. The highest BCUT2D eigenvalue weighted by atomic mass is 15.5. The first-order valence-electron chi connectivity index (χ1n) is 4.74. The summed E-state index contributed by atoms with van der Waals surface area (Å²) in [7, 11) is 0. The predicted molar refractivity (Wildman–Crippen MR) is 56.1 cm³/mol. The average Bonchev–Trinajstić information content (AvgIpc) is 2.67. The standard InChI is InChI=1S/C10H13N5/c1-6-3-7(2)5-8(4-6)9(11)10-12-14-15-13-10/h3-5,9H,11H2,1-2H3,(H,12,13,14,15). The summed E-state index contributed by atoms with van der Waals surface area (Å²) >= 11 is 0. The average molecular weight is 203 g/mol. The molecule has 0 aliphatic rings. The highest BCUT2D eigenvalue weighted by Gasteiger charge is 2.13. The fraction of sp³-hybridized carbons (Fsp3) is 0.300. The van der Waals surface area contributed by atoms with Gasteiger partial charge in [-0.05, 0) is 19.4 Å². The van der Waals surface area contributed by atoms with Crippen LogP contribution in [0.2, 0.25) is 0 Å². The number of aromatic amines is 1. The molecule has 15 heavy (non-hydrogen) atoms. The molecule has 0 saturated heterocycles. The molecule has 3 N–H and O–H groups in total. The number of aryl methyl sites for hydroxylation is 2. The topological polar surface area (TPSA) is 80.5 Å². The van der Waals surface area contributed by atoms with E-state index in [0.717, 1.165) is 5.56 Å². The SMILES string of the molecule is Cc1cc(C)cc(C(N)c2nn[nH]n2)c1. The fourth-order valence-electron chi connectivity index (χ4n) is 1.64. The van der Waals surface area contributed by atoms with Crippen LogP contribution in [-0.2, 0) is 0 Å². The van der Waals surface area contributed by atoms with E-state index < -0.39 is 0 Å². The third-order valence-electron chi connectivity index (χ3n) is 2.24. The van der Waals surface area contributed by atoms with Crippen molar-refractivity contribution in [3.05, 3.63) is 40.7 Å². The van der Waals surface area contributed by atoms with Gasteiger partial charge in [-0.1, -0.05) is 34.5 Å². The minimum Gasteiger partial charge on any atom is -0.318 e. The Bertz CT molecular complexity index is 429. The summed E-state index contributed by atoms with van der Waals surface area (Å²) in [6.45, 7) is 4.08. The lowest BCUT2D eigenvalue weighted by Crippen LogP contribution is -2.14. The number of nitrogens with one attached hydrogen (secondary N) is 1. The summed E-state index contributed by atoms with van der Waals surface area (Å²) in [6.07, 6.45) is 0. The lowest BCUT2D eigenvalue weighted by atomic mass is 10.0. The maximum atomic E-state index is 6.01. The van der Waals surface area contributed by atoms with Crippen LogP contribution in [0.1, 0.15) is 28.6 Å². The molecular formula is C10H13N5. The molecule has 0 saturated carbocycles. The van der Waals surface area contributed by atoms with Crippen molar-refractivity contribution in [3.8, 4) is 0 Å². The van der Waals surface area contributed by atoms with E-state index in [2.05, 4.69) is 26.7 Å². The summed E-state index contributed by atoms with van der Waals surface area (Å²) in [5.41, 5.74) is 9.39. The Hall–Kier alpha value is -1.75. The van der Waals surface area contributed by atoms with Gasteiger partial charge in [-0.15, -0.1) is 10.2 Å². The first kappa shape index (κ1) is 9.79. The zero-order chi connectivity index (χ0) is 10.8. The molecule has 0 spiro atoms. The summed E-state index contributed by atoms with van der Waals surface area (Å²) in [4.78, 5) is 0. The van der Waals surface area contributed by atoms with Gasteiger partial charge in [0.2, 0.25) is 0 Å². The molecule has 0 radical (unpaired) electrons. The molecule has 1 heterocycles. The number of nitrogens with zero attached hydrogens (tertiary/aromatic N) is 3. The molecule has 0 fully saturated rings. The van der Waals surface area contributed by atoms with Gasteiger partial charge in [0.25, 0.3) is 0 Å². The van der Waals surface area contributed by atoms with E-state index >= 15 is 0 Å². The van der Waals surface area contributed by atoms with Crippen LogP contribution in [0.15, 0.2) is 18.2 Å². The lowest BCUT2D eigenvalue weighted by Gasteiger charge is -2.09. The Kier molecular flexibility index (Phi) is 2.47. The van der Waals surface area contributed by atoms with Crippen molar-refractivity contribution >= 4 is 0 Å². The molecule has 1 unspecified atom stereocenters. The zero-order valence-corrected chi connectivity index (χ0v) is 8.73. The third kappa shape index (κ3) is 2.02. The zero-order valence-electron chi connectivity index (χ0n) is 8.73. The van der Waals surface area contributed by atoms with Gasteiger partial charge in [0.1, 0.15) is 0 Å². The number of hydrogen-bond acceptors (Lipinski definition) is 4. The van der Waals surface area contributed by atoms with Crippen LogP contribution in [0.4, 0.5) is 0 Å². The fourth-order valence-corrected chi connectivity index (χ4v) is 1.64. The summed E-state index contributed by atoms with van der Waals surface area (Å²) in [5, 5.41) is 13.7. The summed E-state index contributed by atoms with van der Waals surface area (Å²) in [5.74, 6) is 0.514. The predicted octanol–water partition coefficient (Wildman–Crippen LogP) is 0.865. The second kappa shape index (κ2) is 3.78. The van der Waals surface area contributed by atoms with Gasteiger partial charge in [0, 0.05) is 0 Å². The van der Waals surface area contributed by atoms with Crippen LogP contribution in [0.3, 0.4) is 0 Å². The number of H-pyrrole nitrogens is 1. The minimum atomic E-state index is -0.317. The van der Waals surface area contributed by atoms with Gasteiger partial charge in [-0.2, -0.15) is 5.21 Å². The number of hydrogen-bond donors (Lipinski definition) is 2. The minimum absolute atomic E-state index is 0.317. The monoisotopic (exact) mass is 203 g/mol. The second-order valence-corrected chi connectivity index (χ2v) is 3.67. The van der Waals surface area contributed by atoms with Crippen molar-refractivity contribution < 1.29 is 0 Å². The van der Waals surface area contributed by atoms with E-state index in [9.17, 15) is 0 Å². The molecule has 1 aromatic carbocycles. The first-order valence-corrected chi connectivity index (χ1v) is 4.74. The molecule has 2 aromatic rings. The smallest absolute Gasteiger partial charge is 0.195 e. The van der Waals surface area contributed by atoms with Crippen molar-refractivity contribution in [3.63, 3.8) is 0 Å². The Morgan fingerprint density at radius 2 is 1.87 bits per heavy atom. The molecule has 5 heteroatoms. The molecule has 0 bridgehead atoms. The van der Waals surface area contributed by atoms with Crippen LogP contribution < -0.4 is 5.73 Å². The van der Waals surface area contributed by atoms with Gasteiger partial charge in [-0.3, -0.25) is 0 Å². The molecule has 78 valence electrons. The largest absolute Gasteiger partial charge is 0.318 e. The highest BCUT2D eigenvalue weighted by Crippen LogP contribution is 2.18. The maximum Gasteiger partial charge on any atom is 0.195 e. The normalized spacial score (nSPS) is 12.7. The van der Waals surface area contributed by atoms with E-state index in [4.69, 9.17) is 5.73 Å². The van der Waals surface area contributed by atoms with Gasteiger partial charge in [-0.25, -0.2) is 0 Å². The molecule has 0 aliphatic carbocycles. The Morgan fingerprint density at radius 3 is 2.40 bits per heavy atom. The van der Waals surface area contributed by atoms with E-state index in [-0.39, 0.29) is 6.04 Å². The van der Waals surface area contributed by atoms with Crippen molar-refractivity contribution in [2.24, 2.45) is 5.73 Å². The van der Waals surface area contributed by atoms with Crippen LogP contribution in [0.25, 0.3) is 0 Å². The van der Waals surface area contributed by atoms with Crippen molar-refractivity contribution in [1.82, 2.24) is 20.6 Å². The molecule has 1 atom stereocenters.